The normalized spacial score (nSPS) is 10.3. The van der Waals surface area contributed by atoms with Crippen molar-refractivity contribution in [3.05, 3.63) is 29.1 Å². The summed E-state index contributed by atoms with van der Waals surface area (Å²) < 4.78 is 18.1. The molecule has 1 aromatic rings. The molecule has 0 aromatic heterocycles. The Labute approximate surface area is 83.3 Å². The molecule has 0 aliphatic rings. The van der Waals surface area contributed by atoms with Gasteiger partial charge in [-0.25, -0.2) is 4.39 Å². The number of aryl methyl sites for hydroxylation is 1. The molecule has 1 N–H and O–H groups in total. The second kappa shape index (κ2) is 4.96. The van der Waals surface area contributed by atoms with Crippen molar-refractivity contribution >= 4 is 0 Å². The lowest BCUT2D eigenvalue weighted by Gasteiger charge is -2.10. The van der Waals surface area contributed by atoms with Crippen LogP contribution in [-0.4, -0.2) is 18.8 Å². The van der Waals surface area contributed by atoms with Crippen molar-refractivity contribution in [3.8, 4) is 5.75 Å². The Bertz CT molecular complexity index is 310. The van der Waals surface area contributed by atoms with Crippen molar-refractivity contribution in [1.29, 1.82) is 0 Å². The van der Waals surface area contributed by atoms with Crippen LogP contribution in [0.15, 0.2) is 12.1 Å². The van der Waals surface area contributed by atoms with Crippen molar-refractivity contribution in [2.75, 3.05) is 13.7 Å². The molecule has 1 aromatic carbocycles. The molecular formula is C11H15FO2. The van der Waals surface area contributed by atoms with E-state index in [9.17, 15) is 4.39 Å². The molecule has 3 heteroatoms. The minimum atomic E-state index is -0.291. The standard InChI is InChI=1S/C11H15FO2/c1-8-9(4-3-5-13)6-10(12)7-11(8)14-2/h6-7,13H,3-5H2,1-2H3. The highest BCUT2D eigenvalue weighted by Crippen LogP contribution is 2.23. The first-order chi connectivity index (χ1) is 6.69. The Balaban J connectivity index is 2.96. The fourth-order valence-corrected chi connectivity index (χ4v) is 1.45. The molecule has 0 atom stereocenters. The number of aliphatic hydroxyl groups excluding tert-OH is 1. The van der Waals surface area contributed by atoms with E-state index in [1.54, 1.807) is 0 Å². The fourth-order valence-electron chi connectivity index (χ4n) is 1.45. The lowest BCUT2D eigenvalue weighted by Crippen LogP contribution is -1.97. The van der Waals surface area contributed by atoms with E-state index >= 15 is 0 Å². The number of hydrogen-bond donors (Lipinski definition) is 1. The van der Waals surface area contributed by atoms with Crippen molar-refractivity contribution in [2.24, 2.45) is 0 Å². The summed E-state index contributed by atoms with van der Waals surface area (Å²) in [5, 5.41) is 8.69. The monoisotopic (exact) mass is 198 g/mol. The molecule has 0 aliphatic heterocycles. The van der Waals surface area contributed by atoms with Crippen LogP contribution in [0.3, 0.4) is 0 Å². The number of halogens is 1. The van der Waals surface area contributed by atoms with Gasteiger partial charge in [0.2, 0.25) is 0 Å². The number of benzene rings is 1. The van der Waals surface area contributed by atoms with Crippen LogP contribution in [0, 0.1) is 12.7 Å². The van der Waals surface area contributed by atoms with E-state index in [1.807, 2.05) is 6.92 Å². The van der Waals surface area contributed by atoms with Gasteiger partial charge in [0.05, 0.1) is 7.11 Å². The highest BCUT2D eigenvalue weighted by Gasteiger charge is 2.07. The van der Waals surface area contributed by atoms with Gasteiger partial charge < -0.3 is 9.84 Å². The van der Waals surface area contributed by atoms with Crippen molar-refractivity contribution in [2.45, 2.75) is 19.8 Å². The number of hydrogen-bond acceptors (Lipinski definition) is 2. The molecule has 0 radical (unpaired) electrons. The van der Waals surface area contributed by atoms with Gasteiger partial charge in [0.1, 0.15) is 11.6 Å². The molecule has 78 valence electrons. The molecule has 0 bridgehead atoms. The maximum atomic E-state index is 13.1. The van der Waals surface area contributed by atoms with Crippen LogP contribution < -0.4 is 4.74 Å². The van der Waals surface area contributed by atoms with Gasteiger partial charge in [0.15, 0.2) is 0 Å². The SMILES string of the molecule is COc1cc(F)cc(CCCO)c1C. The lowest BCUT2D eigenvalue weighted by atomic mass is 10.0. The first kappa shape index (κ1) is 11.0. The van der Waals surface area contributed by atoms with E-state index in [0.29, 0.717) is 18.6 Å². The van der Waals surface area contributed by atoms with Gasteiger partial charge in [-0.1, -0.05) is 0 Å². The highest BCUT2D eigenvalue weighted by atomic mass is 19.1. The van der Waals surface area contributed by atoms with Crippen molar-refractivity contribution in [1.82, 2.24) is 0 Å². The summed E-state index contributed by atoms with van der Waals surface area (Å²) in [4.78, 5) is 0. The summed E-state index contributed by atoms with van der Waals surface area (Å²) in [6.45, 7) is 2.02. The van der Waals surface area contributed by atoms with Crippen molar-refractivity contribution in [3.63, 3.8) is 0 Å². The molecular weight excluding hydrogens is 183 g/mol. The second-order valence-electron chi connectivity index (χ2n) is 3.22. The predicted molar refractivity (Wildman–Crippen MR) is 53.1 cm³/mol. The van der Waals surface area contributed by atoms with E-state index in [4.69, 9.17) is 9.84 Å². The summed E-state index contributed by atoms with van der Waals surface area (Å²) in [6, 6.07) is 2.87. The number of aliphatic hydroxyl groups is 1. The van der Waals surface area contributed by atoms with E-state index in [-0.39, 0.29) is 12.4 Å². The molecule has 0 saturated carbocycles. The van der Waals surface area contributed by atoms with Gasteiger partial charge in [0, 0.05) is 12.7 Å². The Morgan fingerprint density at radius 2 is 2.14 bits per heavy atom. The van der Waals surface area contributed by atoms with Crippen LogP contribution in [0.2, 0.25) is 0 Å². The molecule has 0 amide bonds. The van der Waals surface area contributed by atoms with Gasteiger partial charge >= 0.3 is 0 Å². The summed E-state index contributed by atoms with van der Waals surface area (Å²) in [6.07, 6.45) is 1.32. The fraction of sp³-hybridized carbons (Fsp3) is 0.455. The Morgan fingerprint density at radius 3 is 2.71 bits per heavy atom. The third-order valence-corrected chi connectivity index (χ3v) is 2.26. The predicted octanol–water partition coefficient (Wildman–Crippen LogP) is 2.07. The first-order valence-corrected chi connectivity index (χ1v) is 4.63. The zero-order valence-electron chi connectivity index (χ0n) is 8.51. The molecule has 0 saturated heterocycles. The molecule has 0 heterocycles. The van der Waals surface area contributed by atoms with Gasteiger partial charge in [-0.2, -0.15) is 0 Å². The minimum absolute atomic E-state index is 0.123. The Kier molecular flexibility index (Phi) is 3.89. The van der Waals surface area contributed by atoms with E-state index < -0.39 is 0 Å². The van der Waals surface area contributed by atoms with E-state index in [1.165, 1.54) is 19.2 Å². The summed E-state index contributed by atoms with van der Waals surface area (Å²) in [5.74, 6) is 0.276. The summed E-state index contributed by atoms with van der Waals surface area (Å²) in [5.41, 5.74) is 1.85. The Morgan fingerprint density at radius 1 is 1.43 bits per heavy atom. The third-order valence-electron chi connectivity index (χ3n) is 2.26. The largest absolute Gasteiger partial charge is 0.496 e. The molecule has 0 unspecified atom stereocenters. The van der Waals surface area contributed by atoms with Crippen LogP contribution in [0.5, 0.6) is 5.75 Å². The topological polar surface area (TPSA) is 29.5 Å². The van der Waals surface area contributed by atoms with Crippen molar-refractivity contribution < 1.29 is 14.2 Å². The average Bonchev–Trinajstić information content (AvgIpc) is 2.18. The van der Waals surface area contributed by atoms with Crippen LogP contribution in [0.1, 0.15) is 17.5 Å². The smallest absolute Gasteiger partial charge is 0.127 e. The summed E-state index contributed by atoms with van der Waals surface area (Å²) in [7, 11) is 1.53. The zero-order chi connectivity index (χ0) is 10.6. The average molecular weight is 198 g/mol. The first-order valence-electron chi connectivity index (χ1n) is 4.63. The van der Waals surface area contributed by atoms with Gasteiger partial charge in [-0.15, -0.1) is 0 Å². The zero-order valence-corrected chi connectivity index (χ0v) is 8.51. The highest BCUT2D eigenvalue weighted by molar-refractivity contribution is 5.39. The maximum Gasteiger partial charge on any atom is 0.127 e. The molecule has 1 rings (SSSR count). The van der Waals surface area contributed by atoms with Crippen LogP contribution in [-0.2, 0) is 6.42 Å². The summed E-state index contributed by atoms with van der Waals surface area (Å²) >= 11 is 0. The second-order valence-corrected chi connectivity index (χ2v) is 3.22. The van der Waals surface area contributed by atoms with E-state index in [2.05, 4.69) is 0 Å². The molecule has 0 aliphatic carbocycles. The van der Waals surface area contributed by atoms with Gasteiger partial charge in [0.25, 0.3) is 0 Å². The molecule has 0 fully saturated rings. The van der Waals surface area contributed by atoms with Crippen LogP contribution >= 0.6 is 0 Å². The maximum absolute atomic E-state index is 13.1. The van der Waals surface area contributed by atoms with Gasteiger partial charge in [-0.3, -0.25) is 0 Å². The quantitative estimate of drug-likeness (QED) is 0.802. The minimum Gasteiger partial charge on any atom is -0.496 e. The number of methoxy groups -OCH3 is 1. The van der Waals surface area contributed by atoms with E-state index in [0.717, 1.165) is 11.1 Å². The number of rotatable bonds is 4. The van der Waals surface area contributed by atoms with Gasteiger partial charge in [-0.05, 0) is 37.0 Å². The molecule has 0 spiro atoms. The number of ether oxygens (including phenoxy) is 1. The lowest BCUT2D eigenvalue weighted by molar-refractivity contribution is 0.288. The van der Waals surface area contributed by atoms with Crippen LogP contribution in [0.4, 0.5) is 4.39 Å². The molecule has 14 heavy (non-hydrogen) atoms. The third kappa shape index (κ3) is 2.45. The van der Waals surface area contributed by atoms with Crippen LogP contribution in [0.25, 0.3) is 0 Å². The Hall–Kier alpha value is -1.09. The molecule has 2 nitrogen and oxygen atoms in total.